The number of rotatable bonds is 5. The molecular weight excluding hydrogens is 514 g/mol. The van der Waals surface area contributed by atoms with Gasteiger partial charge in [-0.3, -0.25) is 9.59 Å². The molecule has 2 aromatic heterocycles. The van der Waals surface area contributed by atoms with Gasteiger partial charge in [-0.2, -0.15) is 13.2 Å². The topological polar surface area (TPSA) is 139 Å². The Morgan fingerprint density at radius 3 is 2.32 bits per heavy atom. The molecule has 1 aromatic carbocycles. The van der Waals surface area contributed by atoms with E-state index in [1.807, 2.05) is 0 Å². The van der Waals surface area contributed by atoms with E-state index >= 15 is 0 Å². The van der Waals surface area contributed by atoms with E-state index in [4.69, 9.17) is 4.42 Å². The molecule has 2 heterocycles. The molecule has 0 spiro atoms. The minimum Gasteiger partial charge on any atom is -0.399 e. The fourth-order valence-corrected chi connectivity index (χ4v) is 3.25. The van der Waals surface area contributed by atoms with E-state index in [9.17, 15) is 31.9 Å². The van der Waals surface area contributed by atoms with Crippen LogP contribution in [-0.2, 0) is 15.7 Å². The number of amides is 1. The normalized spacial score (nSPS) is 13.3. The summed E-state index contributed by atoms with van der Waals surface area (Å²) in [7, 11) is 3.25. The molecule has 14 heteroatoms. The number of ether oxygens (including phenoxy) is 1. The van der Waals surface area contributed by atoms with Crippen LogP contribution in [0, 0.1) is 11.7 Å². The van der Waals surface area contributed by atoms with Crippen LogP contribution in [0.4, 0.5) is 35.0 Å². The number of hydrogen-bond donors (Lipinski definition) is 3. The standard InChI is InChI=1S/C15H9F4N5O3.C7H12O.C2H6O/c16-10-3-1-7(5-9(10)15(17,18)19)22-14-24-23-13(27-14)12(26)21-8-2-4-11(25)20-6-8;8-6-7-4-2-1-3-5-7;1-3-2/h1-6H,(H,20,25)(H,21,26)(H,22,24);6-7H,1-5H2;1-2H3. The summed E-state index contributed by atoms with van der Waals surface area (Å²) in [6.45, 7) is 0. The molecule has 10 nitrogen and oxygen atoms in total. The molecule has 206 valence electrons. The summed E-state index contributed by atoms with van der Waals surface area (Å²) in [5.74, 6) is -2.32. The summed E-state index contributed by atoms with van der Waals surface area (Å²) < 4.78 is 60.7. The van der Waals surface area contributed by atoms with Gasteiger partial charge in [-0.05, 0) is 37.1 Å². The molecule has 0 bridgehead atoms. The number of nitrogens with zero attached hydrogens (tertiary/aromatic N) is 2. The number of methoxy groups -OCH3 is 1. The second kappa shape index (κ2) is 14.6. The Kier molecular flexibility index (Phi) is 11.6. The average Bonchev–Trinajstić information content (AvgIpc) is 3.36. The summed E-state index contributed by atoms with van der Waals surface area (Å²) in [4.78, 5) is 35.4. The van der Waals surface area contributed by atoms with Crippen molar-refractivity contribution in [3.63, 3.8) is 0 Å². The molecule has 0 unspecified atom stereocenters. The van der Waals surface area contributed by atoms with E-state index in [1.54, 1.807) is 14.2 Å². The number of aromatic amines is 1. The van der Waals surface area contributed by atoms with E-state index in [-0.39, 0.29) is 22.9 Å². The van der Waals surface area contributed by atoms with Crippen LogP contribution in [0.15, 0.2) is 45.7 Å². The molecule has 1 fully saturated rings. The maximum absolute atomic E-state index is 13.3. The summed E-state index contributed by atoms with van der Waals surface area (Å²) in [6, 6.07) is 4.34. The van der Waals surface area contributed by atoms with Crippen molar-refractivity contribution >= 4 is 29.6 Å². The first-order valence-corrected chi connectivity index (χ1v) is 11.4. The number of carbonyl (C=O) groups excluding carboxylic acids is 2. The number of H-pyrrole nitrogens is 1. The molecule has 1 aliphatic carbocycles. The fraction of sp³-hybridized carbons (Fsp3) is 0.375. The van der Waals surface area contributed by atoms with Crippen LogP contribution in [0.2, 0.25) is 0 Å². The van der Waals surface area contributed by atoms with Crippen molar-refractivity contribution < 1.29 is 36.3 Å². The van der Waals surface area contributed by atoms with Crippen molar-refractivity contribution in [1.29, 1.82) is 0 Å². The fourth-order valence-electron chi connectivity index (χ4n) is 3.25. The van der Waals surface area contributed by atoms with Crippen LogP contribution in [-0.4, -0.2) is 41.6 Å². The van der Waals surface area contributed by atoms with Crippen LogP contribution in [0.5, 0.6) is 0 Å². The number of aromatic nitrogens is 3. The number of carbonyl (C=O) groups is 2. The van der Waals surface area contributed by atoms with Gasteiger partial charge >= 0.3 is 24.0 Å². The smallest absolute Gasteiger partial charge is 0.399 e. The molecule has 1 aliphatic rings. The molecule has 0 saturated heterocycles. The van der Waals surface area contributed by atoms with E-state index in [0.717, 1.165) is 25.2 Å². The van der Waals surface area contributed by atoms with Gasteiger partial charge in [0.2, 0.25) is 5.56 Å². The zero-order valence-corrected chi connectivity index (χ0v) is 20.6. The Labute approximate surface area is 214 Å². The lowest BCUT2D eigenvalue weighted by Gasteiger charge is -2.14. The molecule has 0 radical (unpaired) electrons. The van der Waals surface area contributed by atoms with Crippen LogP contribution >= 0.6 is 0 Å². The molecule has 3 aromatic rings. The second-order valence-corrected chi connectivity index (χ2v) is 8.07. The quantitative estimate of drug-likeness (QED) is 0.305. The van der Waals surface area contributed by atoms with Crippen molar-refractivity contribution in [1.82, 2.24) is 15.2 Å². The molecule has 0 atom stereocenters. The Bertz CT molecular complexity index is 1220. The number of halogens is 4. The van der Waals surface area contributed by atoms with Gasteiger partial charge in [-0.1, -0.05) is 24.4 Å². The highest BCUT2D eigenvalue weighted by Crippen LogP contribution is 2.33. The van der Waals surface area contributed by atoms with Crippen molar-refractivity contribution in [3.05, 3.63) is 64.2 Å². The second-order valence-electron chi connectivity index (χ2n) is 8.07. The molecule has 0 aliphatic heterocycles. The largest absolute Gasteiger partial charge is 0.419 e. The van der Waals surface area contributed by atoms with Gasteiger partial charge in [0.05, 0.1) is 11.3 Å². The van der Waals surface area contributed by atoms with Gasteiger partial charge in [-0.25, -0.2) is 4.39 Å². The molecule has 1 saturated carbocycles. The van der Waals surface area contributed by atoms with Gasteiger partial charge in [0.1, 0.15) is 12.1 Å². The monoisotopic (exact) mass is 541 g/mol. The Hall–Kier alpha value is -4.07. The maximum Gasteiger partial charge on any atom is 0.419 e. The highest BCUT2D eigenvalue weighted by atomic mass is 19.4. The summed E-state index contributed by atoms with van der Waals surface area (Å²) in [5, 5.41) is 11.7. The first kappa shape index (κ1) is 30.2. The third-order valence-electron chi connectivity index (χ3n) is 5.03. The third-order valence-corrected chi connectivity index (χ3v) is 5.03. The predicted octanol–water partition coefficient (Wildman–Crippen LogP) is 4.94. The SMILES string of the molecule is COC.O=C(Nc1ccc(=O)[nH]c1)c1nnc(Nc2ccc(F)c(C(F)(F)F)c2)o1.O=CC1CCCCC1. The predicted molar refractivity (Wildman–Crippen MR) is 130 cm³/mol. The number of aldehydes is 1. The first-order chi connectivity index (χ1) is 18.1. The number of benzene rings is 1. The number of pyridine rings is 1. The van der Waals surface area contributed by atoms with Gasteiger partial charge in [0.15, 0.2) is 0 Å². The minimum atomic E-state index is -4.88. The minimum absolute atomic E-state index is 0.167. The molecule has 38 heavy (non-hydrogen) atoms. The summed E-state index contributed by atoms with van der Waals surface area (Å²) in [5.41, 5.74) is -1.75. The Morgan fingerprint density at radius 1 is 1.11 bits per heavy atom. The van der Waals surface area contributed by atoms with E-state index < -0.39 is 29.4 Å². The highest BCUT2D eigenvalue weighted by molar-refractivity contribution is 6.00. The van der Waals surface area contributed by atoms with Crippen molar-refractivity contribution in [3.8, 4) is 0 Å². The van der Waals surface area contributed by atoms with E-state index in [2.05, 4.69) is 30.6 Å². The van der Waals surface area contributed by atoms with Gasteiger partial charge in [0.25, 0.3) is 0 Å². The van der Waals surface area contributed by atoms with Gasteiger partial charge in [0, 0.05) is 38.1 Å². The third kappa shape index (κ3) is 9.76. The van der Waals surface area contributed by atoms with Crippen molar-refractivity contribution in [2.45, 2.75) is 38.3 Å². The van der Waals surface area contributed by atoms with Crippen LogP contribution in [0.1, 0.15) is 48.4 Å². The zero-order chi connectivity index (χ0) is 28.1. The molecular formula is C24H27F4N5O5. The number of anilines is 3. The lowest BCUT2D eigenvalue weighted by atomic mass is 9.91. The zero-order valence-electron chi connectivity index (χ0n) is 20.6. The lowest BCUT2D eigenvalue weighted by Crippen LogP contribution is -2.14. The van der Waals surface area contributed by atoms with Crippen LogP contribution < -0.4 is 16.2 Å². The lowest BCUT2D eigenvalue weighted by molar-refractivity contribution is -0.139. The van der Waals surface area contributed by atoms with Gasteiger partial charge < -0.3 is 29.6 Å². The van der Waals surface area contributed by atoms with Crippen molar-refractivity contribution in [2.24, 2.45) is 5.92 Å². The molecule has 3 N–H and O–H groups in total. The van der Waals surface area contributed by atoms with E-state index in [0.29, 0.717) is 18.1 Å². The van der Waals surface area contributed by atoms with E-state index in [1.165, 1.54) is 37.6 Å². The number of alkyl halides is 3. The Balaban J connectivity index is 0.000000385. The summed E-state index contributed by atoms with van der Waals surface area (Å²) in [6.07, 6.45) is 3.63. The molecule has 4 rings (SSSR count). The molecule has 1 amide bonds. The van der Waals surface area contributed by atoms with Crippen LogP contribution in [0.25, 0.3) is 0 Å². The average molecular weight is 542 g/mol. The highest BCUT2D eigenvalue weighted by Gasteiger charge is 2.34. The van der Waals surface area contributed by atoms with Crippen molar-refractivity contribution in [2.75, 3.05) is 24.9 Å². The first-order valence-electron chi connectivity index (χ1n) is 11.4. The number of hydrogen-bond acceptors (Lipinski definition) is 8. The Morgan fingerprint density at radius 2 is 1.76 bits per heavy atom. The van der Waals surface area contributed by atoms with Gasteiger partial charge in [-0.15, -0.1) is 5.10 Å². The summed E-state index contributed by atoms with van der Waals surface area (Å²) >= 11 is 0. The maximum atomic E-state index is 13.3. The number of nitrogens with one attached hydrogen (secondary N) is 3. The van der Waals surface area contributed by atoms with Crippen LogP contribution in [0.3, 0.4) is 0 Å².